The molecule has 0 saturated heterocycles. The minimum absolute atomic E-state index is 0.0634. The van der Waals surface area contributed by atoms with Gasteiger partial charge in [-0.05, 0) is 36.8 Å². The first kappa shape index (κ1) is 21.1. The number of para-hydroxylation sites is 1. The highest BCUT2D eigenvalue weighted by molar-refractivity contribution is 6.08. The van der Waals surface area contributed by atoms with E-state index in [1.54, 1.807) is 42.3 Å². The molecule has 6 nitrogen and oxygen atoms in total. The summed E-state index contributed by atoms with van der Waals surface area (Å²) in [5.74, 6) is 0.252. The van der Waals surface area contributed by atoms with Crippen molar-refractivity contribution in [3.63, 3.8) is 0 Å². The van der Waals surface area contributed by atoms with Crippen molar-refractivity contribution in [1.29, 1.82) is 0 Å². The SMILES string of the molecule is COc1ccccc1-c1nn(Cc2ccccc2)cc1C(=O)Nc1cccc(C(C)=O)c1. The van der Waals surface area contributed by atoms with Crippen molar-refractivity contribution < 1.29 is 14.3 Å². The van der Waals surface area contributed by atoms with E-state index in [-0.39, 0.29) is 11.7 Å². The van der Waals surface area contributed by atoms with Gasteiger partial charge in [0.25, 0.3) is 5.91 Å². The topological polar surface area (TPSA) is 73.2 Å². The van der Waals surface area contributed by atoms with Crippen LogP contribution in [0.15, 0.2) is 85.1 Å². The second-order valence-electron chi connectivity index (χ2n) is 7.37. The number of benzene rings is 3. The summed E-state index contributed by atoms with van der Waals surface area (Å²) in [6.07, 6.45) is 1.74. The molecule has 0 atom stereocenters. The Balaban J connectivity index is 1.73. The summed E-state index contributed by atoms with van der Waals surface area (Å²) in [6.45, 7) is 2.02. The lowest BCUT2D eigenvalue weighted by atomic mass is 10.1. The molecule has 0 unspecified atom stereocenters. The predicted molar refractivity (Wildman–Crippen MR) is 124 cm³/mol. The standard InChI is InChI=1S/C26H23N3O3/c1-18(30)20-11-8-12-21(15-20)27-26(31)23-17-29(16-19-9-4-3-5-10-19)28-25(23)22-13-6-7-14-24(22)32-2/h3-15,17H,16H2,1-2H3,(H,27,31). The number of carbonyl (C=O) groups is 2. The molecule has 1 heterocycles. The van der Waals surface area contributed by atoms with E-state index in [0.29, 0.717) is 34.8 Å². The van der Waals surface area contributed by atoms with Crippen molar-refractivity contribution in [3.05, 3.63) is 102 Å². The fourth-order valence-electron chi connectivity index (χ4n) is 3.49. The van der Waals surface area contributed by atoms with Crippen LogP contribution in [0.5, 0.6) is 5.75 Å². The first-order valence-corrected chi connectivity index (χ1v) is 10.2. The zero-order chi connectivity index (χ0) is 22.5. The average Bonchev–Trinajstić information content (AvgIpc) is 3.23. The fourth-order valence-corrected chi connectivity index (χ4v) is 3.49. The molecule has 0 radical (unpaired) electrons. The van der Waals surface area contributed by atoms with Crippen molar-refractivity contribution in [2.45, 2.75) is 13.5 Å². The van der Waals surface area contributed by atoms with Crippen LogP contribution in [0.3, 0.4) is 0 Å². The molecule has 6 heteroatoms. The summed E-state index contributed by atoms with van der Waals surface area (Å²) in [6, 6.07) is 24.3. The summed E-state index contributed by atoms with van der Waals surface area (Å²) in [5, 5.41) is 7.61. The Morgan fingerprint density at radius 2 is 1.72 bits per heavy atom. The number of methoxy groups -OCH3 is 1. The molecule has 0 aliphatic heterocycles. The Kier molecular flexibility index (Phi) is 6.12. The molecule has 32 heavy (non-hydrogen) atoms. The molecule has 4 aromatic rings. The van der Waals surface area contributed by atoms with E-state index in [1.807, 2.05) is 54.6 Å². The zero-order valence-corrected chi connectivity index (χ0v) is 17.9. The van der Waals surface area contributed by atoms with Crippen molar-refractivity contribution >= 4 is 17.4 Å². The van der Waals surface area contributed by atoms with E-state index < -0.39 is 0 Å². The van der Waals surface area contributed by atoms with E-state index in [9.17, 15) is 9.59 Å². The van der Waals surface area contributed by atoms with Crippen LogP contribution in [-0.4, -0.2) is 28.6 Å². The summed E-state index contributed by atoms with van der Waals surface area (Å²) in [5.41, 5.74) is 3.82. The Bertz CT molecular complexity index is 1260. The lowest BCUT2D eigenvalue weighted by molar-refractivity contribution is 0.101. The largest absolute Gasteiger partial charge is 0.496 e. The Morgan fingerprint density at radius 3 is 2.47 bits per heavy atom. The lowest BCUT2D eigenvalue weighted by Gasteiger charge is -2.09. The molecule has 0 spiro atoms. The minimum atomic E-state index is -0.314. The lowest BCUT2D eigenvalue weighted by Crippen LogP contribution is -2.13. The van der Waals surface area contributed by atoms with E-state index in [4.69, 9.17) is 9.84 Å². The van der Waals surface area contributed by atoms with E-state index in [1.165, 1.54) is 6.92 Å². The van der Waals surface area contributed by atoms with Crippen molar-refractivity contribution in [1.82, 2.24) is 9.78 Å². The summed E-state index contributed by atoms with van der Waals surface area (Å²) < 4.78 is 7.25. The molecule has 0 aliphatic carbocycles. The molecular weight excluding hydrogens is 402 g/mol. The van der Waals surface area contributed by atoms with Gasteiger partial charge in [-0.15, -0.1) is 0 Å². The molecule has 3 aromatic carbocycles. The van der Waals surface area contributed by atoms with Crippen LogP contribution >= 0.6 is 0 Å². The number of aromatic nitrogens is 2. The summed E-state index contributed by atoms with van der Waals surface area (Å²) >= 11 is 0. The van der Waals surface area contributed by atoms with Gasteiger partial charge in [-0.2, -0.15) is 5.10 Å². The number of amides is 1. The first-order chi connectivity index (χ1) is 15.5. The second-order valence-corrected chi connectivity index (χ2v) is 7.37. The van der Waals surface area contributed by atoms with Crippen molar-refractivity contribution in [2.75, 3.05) is 12.4 Å². The zero-order valence-electron chi connectivity index (χ0n) is 17.9. The van der Waals surface area contributed by atoms with Crippen LogP contribution in [-0.2, 0) is 6.54 Å². The van der Waals surface area contributed by atoms with Gasteiger partial charge in [0, 0.05) is 23.0 Å². The summed E-state index contributed by atoms with van der Waals surface area (Å²) in [7, 11) is 1.59. The number of hydrogen-bond acceptors (Lipinski definition) is 4. The van der Waals surface area contributed by atoms with Gasteiger partial charge in [0.1, 0.15) is 11.4 Å². The van der Waals surface area contributed by atoms with Crippen LogP contribution in [0.1, 0.15) is 33.2 Å². The quantitative estimate of drug-likeness (QED) is 0.420. The van der Waals surface area contributed by atoms with Crippen molar-refractivity contribution in [3.8, 4) is 17.0 Å². The van der Waals surface area contributed by atoms with Gasteiger partial charge in [0.05, 0.1) is 19.2 Å². The molecule has 1 amide bonds. The third kappa shape index (κ3) is 4.59. The molecule has 0 fully saturated rings. The Labute approximate surface area is 186 Å². The smallest absolute Gasteiger partial charge is 0.259 e. The second kappa shape index (κ2) is 9.31. The number of Topliss-reactive ketones (excluding diaryl/α,β-unsaturated/α-hetero) is 1. The molecule has 4 rings (SSSR count). The van der Waals surface area contributed by atoms with Crippen LogP contribution in [0.25, 0.3) is 11.3 Å². The number of hydrogen-bond donors (Lipinski definition) is 1. The van der Waals surface area contributed by atoms with Gasteiger partial charge < -0.3 is 10.1 Å². The van der Waals surface area contributed by atoms with Gasteiger partial charge >= 0.3 is 0 Å². The highest BCUT2D eigenvalue weighted by atomic mass is 16.5. The van der Waals surface area contributed by atoms with Crippen LogP contribution in [0.4, 0.5) is 5.69 Å². The minimum Gasteiger partial charge on any atom is -0.496 e. The maximum atomic E-state index is 13.3. The number of carbonyl (C=O) groups excluding carboxylic acids is 2. The normalized spacial score (nSPS) is 10.6. The third-order valence-corrected chi connectivity index (χ3v) is 5.08. The predicted octanol–water partition coefficient (Wildman–Crippen LogP) is 5.06. The van der Waals surface area contributed by atoms with Gasteiger partial charge in [0.15, 0.2) is 5.78 Å². The van der Waals surface area contributed by atoms with Gasteiger partial charge in [-0.25, -0.2) is 0 Å². The first-order valence-electron chi connectivity index (χ1n) is 10.2. The van der Waals surface area contributed by atoms with Crippen LogP contribution < -0.4 is 10.1 Å². The maximum absolute atomic E-state index is 13.3. The molecule has 1 aromatic heterocycles. The van der Waals surface area contributed by atoms with Crippen LogP contribution in [0, 0.1) is 0 Å². The molecule has 0 aliphatic rings. The van der Waals surface area contributed by atoms with Crippen LogP contribution in [0.2, 0.25) is 0 Å². The number of ketones is 1. The van der Waals surface area contributed by atoms with Gasteiger partial charge in [-0.1, -0.05) is 54.6 Å². The average molecular weight is 425 g/mol. The Morgan fingerprint density at radius 1 is 0.969 bits per heavy atom. The number of ether oxygens (including phenoxy) is 1. The van der Waals surface area contributed by atoms with E-state index in [0.717, 1.165) is 11.1 Å². The van der Waals surface area contributed by atoms with Gasteiger partial charge in [0.2, 0.25) is 0 Å². The summed E-state index contributed by atoms with van der Waals surface area (Å²) in [4.78, 5) is 25.0. The van der Waals surface area contributed by atoms with E-state index in [2.05, 4.69) is 5.32 Å². The highest BCUT2D eigenvalue weighted by Gasteiger charge is 2.21. The molecular formula is C26H23N3O3. The molecule has 160 valence electrons. The van der Waals surface area contributed by atoms with E-state index >= 15 is 0 Å². The number of rotatable bonds is 7. The Hall–Kier alpha value is -4.19. The van der Waals surface area contributed by atoms with Crippen molar-refractivity contribution in [2.24, 2.45) is 0 Å². The molecule has 0 bridgehead atoms. The number of nitrogens with zero attached hydrogens (tertiary/aromatic N) is 2. The number of anilines is 1. The number of nitrogens with one attached hydrogen (secondary N) is 1. The van der Waals surface area contributed by atoms with Gasteiger partial charge in [-0.3, -0.25) is 14.3 Å². The highest BCUT2D eigenvalue weighted by Crippen LogP contribution is 2.31. The third-order valence-electron chi connectivity index (χ3n) is 5.08. The fraction of sp³-hybridized carbons (Fsp3) is 0.115. The monoisotopic (exact) mass is 425 g/mol. The molecule has 0 saturated carbocycles. The molecule has 1 N–H and O–H groups in total. The maximum Gasteiger partial charge on any atom is 0.259 e.